The number of benzene rings is 2. The number of halogens is 1. The van der Waals surface area contributed by atoms with Crippen LogP contribution in [0.4, 0.5) is 0 Å². The maximum atomic E-state index is 13.0. The highest BCUT2D eigenvalue weighted by molar-refractivity contribution is 7.99. The molecule has 6 heteroatoms. The number of carbonyl (C=O) groups is 2. The molecule has 0 unspecified atom stereocenters. The van der Waals surface area contributed by atoms with Crippen molar-refractivity contribution in [3.05, 3.63) is 70.2 Å². The lowest BCUT2D eigenvalue weighted by Crippen LogP contribution is -2.48. The maximum Gasteiger partial charge on any atom is 0.242 e. The molecule has 2 rings (SSSR count). The molecule has 0 aliphatic heterocycles. The average Bonchev–Trinajstić information content (AvgIpc) is 2.70. The highest BCUT2D eigenvalue weighted by Gasteiger charge is 2.27. The molecule has 1 N–H and O–H groups in total. The van der Waals surface area contributed by atoms with Crippen LogP contribution in [0.3, 0.4) is 0 Å². The molecule has 2 aromatic rings. The first kappa shape index (κ1) is 22.3. The minimum atomic E-state index is -0.493. The largest absolute Gasteiger partial charge is 0.357 e. The number of carbonyl (C=O) groups excluding carboxylic acids is 2. The van der Waals surface area contributed by atoms with Crippen molar-refractivity contribution in [3.63, 3.8) is 0 Å². The summed E-state index contributed by atoms with van der Waals surface area (Å²) < 4.78 is 0. The number of rotatable bonds is 9. The molecule has 0 saturated carbocycles. The van der Waals surface area contributed by atoms with Crippen molar-refractivity contribution in [1.29, 1.82) is 0 Å². The predicted octanol–water partition coefficient (Wildman–Crippen LogP) is 4.44. The van der Waals surface area contributed by atoms with Gasteiger partial charge in [0.2, 0.25) is 11.8 Å². The van der Waals surface area contributed by atoms with Crippen molar-refractivity contribution in [2.45, 2.75) is 38.6 Å². The predicted molar refractivity (Wildman–Crippen MR) is 117 cm³/mol. The summed E-state index contributed by atoms with van der Waals surface area (Å²) in [5.41, 5.74) is 3.39. The Bertz CT molecular complexity index is 795. The summed E-state index contributed by atoms with van der Waals surface area (Å²) in [5, 5.41) is 3.32. The van der Waals surface area contributed by atoms with E-state index in [1.165, 1.54) is 11.1 Å². The van der Waals surface area contributed by atoms with E-state index in [4.69, 9.17) is 11.6 Å². The quantitative estimate of drug-likeness (QED) is 0.655. The fraction of sp³-hybridized carbons (Fsp3) is 0.364. The Balaban J connectivity index is 2.10. The van der Waals surface area contributed by atoms with Gasteiger partial charge in [-0.25, -0.2) is 0 Å². The number of thioether (sulfide) groups is 1. The van der Waals surface area contributed by atoms with Gasteiger partial charge in [-0.3, -0.25) is 9.59 Å². The molecule has 2 aromatic carbocycles. The van der Waals surface area contributed by atoms with Crippen LogP contribution in [0.1, 0.15) is 30.0 Å². The lowest BCUT2D eigenvalue weighted by Gasteiger charge is -2.30. The molecule has 150 valence electrons. The Morgan fingerprint density at radius 3 is 2.43 bits per heavy atom. The molecule has 0 aliphatic rings. The van der Waals surface area contributed by atoms with E-state index in [0.717, 1.165) is 11.3 Å². The van der Waals surface area contributed by atoms with E-state index in [2.05, 4.69) is 24.4 Å². The van der Waals surface area contributed by atoms with Crippen LogP contribution in [0.25, 0.3) is 0 Å². The summed E-state index contributed by atoms with van der Waals surface area (Å²) >= 11 is 7.54. The minimum Gasteiger partial charge on any atom is -0.357 e. The van der Waals surface area contributed by atoms with Gasteiger partial charge in [-0.1, -0.05) is 54.9 Å². The number of hydrogen-bond acceptors (Lipinski definition) is 3. The van der Waals surface area contributed by atoms with E-state index >= 15 is 0 Å². The maximum absolute atomic E-state index is 13.0. The van der Waals surface area contributed by atoms with Crippen LogP contribution < -0.4 is 5.32 Å². The van der Waals surface area contributed by atoms with Gasteiger partial charge in [0.25, 0.3) is 0 Å². The van der Waals surface area contributed by atoms with E-state index in [9.17, 15) is 9.59 Å². The van der Waals surface area contributed by atoms with E-state index in [1.54, 1.807) is 35.8 Å². The Kier molecular flexibility index (Phi) is 8.87. The van der Waals surface area contributed by atoms with Gasteiger partial charge in [-0.15, -0.1) is 11.8 Å². The van der Waals surface area contributed by atoms with E-state index < -0.39 is 6.04 Å². The van der Waals surface area contributed by atoms with Gasteiger partial charge >= 0.3 is 0 Å². The van der Waals surface area contributed by atoms with Gasteiger partial charge in [0.1, 0.15) is 6.04 Å². The smallest absolute Gasteiger partial charge is 0.242 e. The highest BCUT2D eigenvalue weighted by Crippen LogP contribution is 2.19. The number of hydrogen-bond donors (Lipinski definition) is 1. The van der Waals surface area contributed by atoms with Gasteiger partial charge in [0.05, 0.1) is 5.75 Å². The van der Waals surface area contributed by atoms with Gasteiger partial charge < -0.3 is 10.2 Å². The van der Waals surface area contributed by atoms with Gasteiger partial charge in [0.15, 0.2) is 0 Å². The molecular formula is C22H27ClN2O2S. The summed E-state index contributed by atoms with van der Waals surface area (Å²) in [4.78, 5) is 27.0. The highest BCUT2D eigenvalue weighted by atomic mass is 35.5. The van der Waals surface area contributed by atoms with Crippen molar-refractivity contribution in [1.82, 2.24) is 10.2 Å². The first-order valence-corrected chi connectivity index (χ1v) is 10.9. The lowest BCUT2D eigenvalue weighted by atomic mass is 10.1. The van der Waals surface area contributed by atoms with Crippen LogP contribution in [-0.4, -0.2) is 35.6 Å². The summed E-state index contributed by atoms with van der Waals surface area (Å²) in [6.45, 7) is 4.37. The molecule has 1 atom stereocenters. The second-order valence-electron chi connectivity index (χ2n) is 6.61. The van der Waals surface area contributed by atoms with Crippen LogP contribution in [-0.2, 0) is 21.9 Å². The summed E-state index contributed by atoms with van der Waals surface area (Å²) in [7, 11) is 1.60. The molecule has 0 aromatic heterocycles. The number of amides is 2. The van der Waals surface area contributed by atoms with Crippen LogP contribution >= 0.6 is 23.4 Å². The number of nitrogens with one attached hydrogen (secondary N) is 1. The zero-order chi connectivity index (χ0) is 20.5. The molecule has 0 saturated heterocycles. The summed E-state index contributed by atoms with van der Waals surface area (Å²) in [5.74, 6) is 0.914. The topological polar surface area (TPSA) is 49.4 Å². The number of likely N-dealkylation sites (N-methyl/N-ethyl adjacent to an activating group) is 1. The van der Waals surface area contributed by atoms with E-state index in [1.807, 2.05) is 31.2 Å². The number of nitrogens with zero attached hydrogens (tertiary/aromatic N) is 1. The van der Waals surface area contributed by atoms with E-state index in [-0.39, 0.29) is 11.8 Å². The fourth-order valence-corrected chi connectivity index (χ4v) is 4.09. The van der Waals surface area contributed by atoms with Crippen molar-refractivity contribution >= 4 is 35.2 Å². The molecule has 4 nitrogen and oxygen atoms in total. The minimum absolute atomic E-state index is 0.0380. The molecule has 2 amide bonds. The molecule has 0 spiro atoms. The third kappa shape index (κ3) is 6.28. The summed E-state index contributed by atoms with van der Waals surface area (Å²) in [6, 6.07) is 15.1. The lowest BCUT2D eigenvalue weighted by molar-refractivity contribution is -0.139. The van der Waals surface area contributed by atoms with Crippen LogP contribution in [0.5, 0.6) is 0 Å². The van der Waals surface area contributed by atoms with Crippen LogP contribution in [0.15, 0.2) is 48.5 Å². The Morgan fingerprint density at radius 2 is 1.82 bits per heavy atom. The SMILES string of the molecule is CC[C@H](C(=O)NC)N(Cc1ccc(Cl)cc1)C(=O)CSCc1ccccc1C. The zero-order valence-corrected chi connectivity index (χ0v) is 18.1. The molecule has 0 aliphatic carbocycles. The summed E-state index contributed by atoms with van der Waals surface area (Å²) in [6.07, 6.45) is 0.557. The van der Waals surface area contributed by atoms with Gasteiger partial charge in [0, 0.05) is 24.4 Å². The Morgan fingerprint density at radius 1 is 1.14 bits per heavy atom. The van der Waals surface area contributed by atoms with Crippen LogP contribution in [0.2, 0.25) is 5.02 Å². The molecule has 0 radical (unpaired) electrons. The third-order valence-corrected chi connectivity index (χ3v) is 5.86. The molecule has 0 bridgehead atoms. The average molecular weight is 419 g/mol. The molecule has 0 fully saturated rings. The zero-order valence-electron chi connectivity index (χ0n) is 16.6. The number of aryl methyl sites for hydroxylation is 1. The van der Waals surface area contributed by atoms with Crippen molar-refractivity contribution in [2.24, 2.45) is 0 Å². The van der Waals surface area contributed by atoms with Gasteiger partial charge in [-0.05, 0) is 42.2 Å². The molecule has 28 heavy (non-hydrogen) atoms. The first-order chi connectivity index (χ1) is 13.5. The van der Waals surface area contributed by atoms with E-state index in [0.29, 0.717) is 23.7 Å². The standard InChI is InChI=1S/C22H27ClN2O2S/c1-4-20(22(27)24-3)25(13-17-9-11-19(23)12-10-17)21(26)15-28-14-18-8-6-5-7-16(18)2/h5-12,20H,4,13-15H2,1-3H3,(H,24,27)/t20-/m1/s1. The normalized spacial score (nSPS) is 11.7. The van der Waals surface area contributed by atoms with Crippen molar-refractivity contribution in [2.75, 3.05) is 12.8 Å². The molecule has 0 heterocycles. The second kappa shape index (κ2) is 11.1. The van der Waals surface area contributed by atoms with Crippen molar-refractivity contribution < 1.29 is 9.59 Å². The Hall–Kier alpha value is -1.98. The second-order valence-corrected chi connectivity index (χ2v) is 8.03. The van der Waals surface area contributed by atoms with Crippen molar-refractivity contribution in [3.8, 4) is 0 Å². The fourth-order valence-electron chi connectivity index (χ4n) is 2.98. The third-order valence-electron chi connectivity index (χ3n) is 4.64. The first-order valence-electron chi connectivity index (χ1n) is 9.34. The van der Waals surface area contributed by atoms with Crippen LogP contribution in [0, 0.1) is 6.92 Å². The Labute approximate surface area is 176 Å². The molecular weight excluding hydrogens is 392 g/mol. The van der Waals surface area contributed by atoms with Gasteiger partial charge in [-0.2, -0.15) is 0 Å². The monoisotopic (exact) mass is 418 g/mol.